The summed E-state index contributed by atoms with van der Waals surface area (Å²) in [6.45, 7) is 0. The first kappa shape index (κ1) is 22.8. The van der Waals surface area contributed by atoms with E-state index in [4.69, 9.17) is 11.6 Å². The molecule has 1 saturated heterocycles. The number of nitrogens with zero attached hydrogens (tertiary/aromatic N) is 1. The molecule has 3 atom stereocenters. The molecular formula is C20H24ClF3N2O4. The predicted octanol–water partition coefficient (Wildman–Crippen LogP) is 3.24. The molecule has 3 amide bonds. The smallest absolute Gasteiger partial charge is 0.366 e. The molecule has 2 unspecified atom stereocenters. The fourth-order valence-corrected chi connectivity index (χ4v) is 4.60. The van der Waals surface area contributed by atoms with Crippen LogP contribution in [0.2, 0.25) is 5.02 Å². The zero-order chi connectivity index (χ0) is 22.1. The van der Waals surface area contributed by atoms with Gasteiger partial charge in [-0.15, -0.1) is 0 Å². The highest BCUT2D eigenvalue weighted by Crippen LogP contribution is 2.37. The quantitative estimate of drug-likeness (QED) is 0.476. The van der Waals surface area contributed by atoms with Crippen molar-refractivity contribution < 1.29 is 33.0 Å². The lowest BCUT2D eigenvalue weighted by molar-refractivity contribution is -0.182. The van der Waals surface area contributed by atoms with Gasteiger partial charge in [-0.25, -0.2) is 4.79 Å². The van der Waals surface area contributed by atoms with Gasteiger partial charge in [-0.2, -0.15) is 13.2 Å². The van der Waals surface area contributed by atoms with Crippen molar-refractivity contribution in [3.05, 3.63) is 34.9 Å². The molecule has 0 radical (unpaired) electrons. The van der Waals surface area contributed by atoms with Crippen LogP contribution in [0.4, 0.5) is 18.0 Å². The molecular weight excluding hydrogens is 425 g/mol. The Morgan fingerprint density at radius 3 is 2.40 bits per heavy atom. The van der Waals surface area contributed by atoms with E-state index >= 15 is 0 Å². The third-order valence-corrected chi connectivity index (χ3v) is 6.31. The third kappa shape index (κ3) is 4.73. The number of benzene rings is 1. The molecule has 1 saturated carbocycles. The first-order chi connectivity index (χ1) is 14.1. The van der Waals surface area contributed by atoms with Crippen LogP contribution in [0.5, 0.6) is 0 Å². The maximum absolute atomic E-state index is 13.6. The molecule has 1 aliphatic heterocycles. The average molecular weight is 449 g/mol. The number of imide groups is 1. The van der Waals surface area contributed by atoms with Gasteiger partial charge in [0.05, 0.1) is 5.92 Å². The molecule has 30 heavy (non-hydrogen) atoms. The molecule has 1 aromatic carbocycles. The maximum atomic E-state index is 13.6. The second-order valence-corrected chi connectivity index (χ2v) is 8.29. The summed E-state index contributed by atoms with van der Waals surface area (Å²) in [7, 11) is 0. The number of nitrogens with one attached hydrogen (secondary N) is 1. The molecule has 2 fully saturated rings. The molecule has 1 aromatic rings. The van der Waals surface area contributed by atoms with E-state index in [2.05, 4.69) is 0 Å². The van der Waals surface area contributed by atoms with Crippen LogP contribution in [0.1, 0.15) is 37.7 Å². The van der Waals surface area contributed by atoms with Crippen LogP contribution in [0.25, 0.3) is 0 Å². The molecule has 10 heteroatoms. The van der Waals surface area contributed by atoms with Crippen LogP contribution in [-0.2, 0) is 11.2 Å². The monoisotopic (exact) mass is 448 g/mol. The molecule has 0 aromatic heterocycles. The summed E-state index contributed by atoms with van der Waals surface area (Å²) in [6.07, 6.45) is -3.91. The summed E-state index contributed by atoms with van der Waals surface area (Å²) in [6, 6.07) is 1.94. The standard InChI is InChI=1S/C20H24ClF3N2O4/c21-14-9-5-4-8-12(14)10-13-15(18(28)29)26(17(13)27)19(30)25-16(20(22,23)24)11-6-2-1-3-7-11/h4-5,8-9,11,13,15-16,18,28-29H,1-3,6-7,10H2,(H,25,30)/t13-,15?,16?/m1/s1. The molecule has 3 rings (SSSR count). The number of urea groups is 1. The lowest BCUT2D eigenvalue weighted by atomic mass is 9.81. The van der Waals surface area contributed by atoms with E-state index in [-0.39, 0.29) is 6.42 Å². The Balaban J connectivity index is 1.74. The third-order valence-electron chi connectivity index (χ3n) is 5.94. The van der Waals surface area contributed by atoms with Crippen molar-refractivity contribution in [3.63, 3.8) is 0 Å². The lowest BCUT2D eigenvalue weighted by Gasteiger charge is -2.47. The van der Waals surface area contributed by atoms with Gasteiger partial charge in [-0.3, -0.25) is 9.69 Å². The highest BCUT2D eigenvalue weighted by atomic mass is 35.5. The number of aliphatic hydroxyl groups excluding tert-OH is 1. The van der Waals surface area contributed by atoms with Gasteiger partial charge < -0.3 is 15.5 Å². The van der Waals surface area contributed by atoms with Gasteiger partial charge in [0.1, 0.15) is 12.1 Å². The molecule has 1 heterocycles. The molecule has 166 valence electrons. The Labute approximate surface area is 177 Å². The van der Waals surface area contributed by atoms with Gasteiger partial charge >= 0.3 is 12.2 Å². The van der Waals surface area contributed by atoms with Gasteiger partial charge in [0.15, 0.2) is 6.29 Å². The van der Waals surface area contributed by atoms with Gasteiger partial charge in [0.25, 0.3) is 0 Å². The lowest BCUT2D eigenvalue weighted by Crippen LogP contribution is -2.71. The summed E-state index contributed by atoms with van der Waals surface area (Å²) >= 11 is 6.07. The van der Waals surface area contributed by atoms with E-state index < -0.39 is 48.3 Å². The Hall–Kier alpha value is -1.84. The second-order valence-electron chi connectivity index (χ2n) is 7.88. The Kier molecular flexibility index (Phi) is 6.94. The predicted molar refractivity (Wildman–Crippen MR) is 102 cm³/mol. The number of carbonyl (C=O) groups is 2. The van der Waals surface area contributed by atoms with Crippen molar-refractivity contribution in [2.24, 2.45) is 11.8 Å². The zero-order valence-electron chi connectivity index (χ0n) is 16.1. The van der Waals surface area contributed by atoms with Crippen LogP contribution in [0.3, 0.4) is 0 Å². The SMILES string of the molecule is O=C(NC(C1CCCCC1)C(F)(F)F)N1C(=O)[C@H](Cc2ccccc2Cl)C1C(O)O. The van der Waals surface area contributed by atoms with E-state index in [0.29, 0.717) is 41.2 Å². The Morgan fingerprint density at radius 2 is 1.83 bits per heavy atom. The van der Waals surface area contributed by atoms with Crippen LogP contribution in [0.15, 0.2) is 24.3 Å². The first-order valence-electron chi connectivity index (χ1n) is 9.91. The second kappa shape index (κ2) is 9.11. The van der Waals surface area contributed by atoms with Gasteiger partial charge in [0.2, 0.25) is 5.91 Å². The van der Waals surface area contributed by atoms with Crippen molar-refractivity contribution in [3.8, 4) is 0 Å². The molecule has 3 N–H and O–H groups in total. The Bertz CT molecular complexity index is 784. The number of hydrogen-bond acceptors (Lipinski definition) is 4. The van der Waals surface area contributed by atoms with Crippen LogP contribution < -0.4 is 5.32 Å². The van der Waals surface area contributed by atoms with E-state index in [1.807, 2.05) is 5.32 Å². The largest absolute Gasteiger partial charge is 0.408 e. The van der Waals surface area contributed by atoms with Crippen molar-refractivity contribution in [1.82, 2.24) is 10.2 Å². The van der Waals surface area contributed by atoms with Crippen molar-refractivity contribution in [1.29, 1.82) is 0 Å². The highest BCUT2D eigenvalue weighted by molar-refractivity contribution is 6.31. The number of rotatable bonds is 5. The summed E-state index contributed by atoms with van der Waals surface area (Å²) in [4.78, 5) is 25.6. The van der Waals surface area contributed by atoms with E-state index in [1.54, 1.807) is 24.3 Å². The minimum Gasteiger partial charge on any atom is -0.366 e. The van der Waals surface area contributed by atoms with Crippen molar-refractivity contribution in [2.75, 3.05) is 0 Å². The van der Waals surface area contributed by atoms with Crippen molar-refractivity contribution in [2.45, 2.75) is 63.1 Å². The number of hydrogen-bond donors (Lipinski definition) is 3. The Morgan fingerprint density at radius 1 is 1.20 bits per heavy atom. The van der Waals surface area contributed by atoms with Crippen LogP contribution in [0, 0.1) is 11.8 Å². The summed E-state index contributed by atoms with van der Waals surface area (Å²) in [5.74, 6) is -2.51. The van der Waals surface area contributed by atoms with E-state index in [1.165, 1.54) is 0 Å². The number of β-lactam (4-membered cyclic amide) rings is 1. The molecule has 6 nitrogen and oxygen atoms in total. The van der Waals surface area contributed by atoms with Crippen molar-refractivity contribution >= 4 is 23.5 Å². The summed E-state index contributed by atoms with van der Waals surface area (Å²) in [5, 5.41) is 21.7. The zero-order valence-corrected chi connectivity index (χ0v) is 16.9. The van der Waals surface area contributed by atoms with Crippen LogP contribution in [-0.4, -0.2) is 51.6 Å². The minimum absolute atomic E-state index is 0.0376. The average Bonchev–Trinajstić information content (AvgIpc) is 2.68. The van der Waals surface area contributed by atoms with Gasteiger partial charge in [-0.1, -0.05) is 49.1 Å². The number of carbonyl (C=O) groups excluding carboxylic acids is 2. The highest BCUT2D eigenvalue weighted by Gasteiger charge is 2.55. The maximum Gasteiger partial charge on any atom is 0.408 e. The summed E-state index contributed by atoms with van der Waals surface area (Å²) in [5.41, 5.74) is 0.568. The molecule has 0 spiro atoms. The number of aliphatic hydroxyl groups is 2. The number of amides is 3. The molecule has 2 aliphatic rings. The first-order valence-corrected chi connectivity index (χ1v) is 10.3. The van der Waals surface area contributed by atoms with E-state index in [9.17, 15) is 33.0 Å². The number of halogens is 4. The van der Waals surface area contributed by atoms with Crippen LogP contribution >= 0.6 is 11.6 Å². The number of likely N-dealkylation sites (tertiary alicyclic amines) is 1. The minimum atomic E-state index is -4.67. The molecule has 1 aliphatic carbocycles. The topological polar surface area (TPSA) is 89.9 Å². The summed E-state index contributed by atoms with van der Waals surface area (Å²) < 4.78 is 40.7. The molecule has 0 bridgehead atoms. The fraction of sp³-hybridized carbons (Fsp3) is 0.600. The fourth-order valence-electron chi connectivity index (χ4n) is 4.39. The normalized spacial score (nSPS) is 24.0. The van der Waals surface area contributed by atoms with E-state index in [0.717, 1.165) is 6.42 Å². The number of alkyl halides is 3. The van der Waals surface area contributed by atoms with Gasteiger partial charge in [-0.05, 0) is 36.8 Å². The van der Waals surface area contributed by atoms with Gasteiger partial charge in [0, 0.05) is 5.02 Å².